The van der Waals surface area contributed by atoms with E-state index in [-0.39, 0.29) is 5.41 Å². The van der Waals surface area contributed by atoms with Crippen molar-refractivity contribution in [3.8, 4) is 0 Å². The fourth-order valence-electron chi connectivity index (χ4n) is 2.52. The van der Waals surface area contributed by atoms with E-state index in [4.69, 9.17) is 4.98 Å². The third kappa shape index (κ3) is 3.01. The highest BCUT2D eigenvalue weighted by Crippen LogP contribution is 2.32. The second-order valence-electron chi connectivity index (χ2n) is 6.33. The minimum atomic E-state index is 0.0813. The van der Waals surface area contributed by atoms with Gasteiger partial charge in [-0.1, -0.05) is 40.0 Å². The maximum Gasteiger partial charge on any atom is 0.134 e. The fraction of sp³-hybridized carbons (Fsp3) is 0.733. The van der Waals surface area contributed by atoms with Crippen LogP contribution in [0.1, 0.15) is 70.3 Å². The minimum Gasteiger partial charge on any atom is -0.373 e. The van der Waals surface area contributed by atoms with Crippen molar-refractivity contribution >= 4 is 5.82 Å². The van der Waals surface area contributed by atoms with Gasteiger partial charge < -0.3 is 5.32 Å². The summed E-state index contributed by atoms with van der Waals surface area (Å²) in [5, 5.41) is 3.17. The Morgan fingerprint density at radius 1 is 1.11 bits per heavy atom. The van der Waals surface area contributed by atoms with E-state index in [0.29, 0.717) is 5.92 Å². The van der Waals surface area contributed by atoms with Gasteiger partial charge in [-0.2, -0.15) is 0 Å². The number of hydrogen-bond acceptors (Lipinski definition) is 3. The van der Waals surface area contributed by atoms with Crippen molar-refractivity contribution in [1.29, 1.82) is 0 Å². The Balaban J connectivity index is 2.34. The molecule has 0 atom stereocenters. The number of anilines is 1. The van der Waals surface area contributed by atoms with E-state index in [1.165, 1.54) is 32.1 Å². The maximum atomic E-state index is 4.83. The second-order valence-corrected chi connectivity index (χ2v) is 6.33. The Hall–Kier alpha value is -1.12. The zero-order valence-corrected chi connectivity index (χ0v) is 12.1. The highest BCUT2D eigenvalue weighted by molar-refractivity contribution is 5.37. The van der Waals surface area contributed by atoms with Gasteiger partial charge in [-0.3, -0.25) is 0 Å². The number of rotatable bonds is 2. The van der Waals surface area contributed by atoms with Crippen molar-refractivity contribution in [3.63, 3.8) is 0 Å². The lowest BCUT2D eigenvalue weighted by atomic mass is 9.87. The van der Waals surface area contributed by atoms with Crippen LogP contribution in [0.15, 0.2) is 6.07 Å². The van der Waals surface area contributed by atoms with Crippen LogP contribution < -0.4 is 5.32 Å². The number of nitrogens with zero attached hydrogens (tertiary/aromatic N) is 2. The average molecular weight is 247 g/mol. The van der Waals surface area contributed by atoms with Crippen LogP contribution in [-0.2, 0) is 5.41 Å². The van der Waals surface area contributed by atoms with E-state index in [1.54, 1.807) is 0 Å². The normalized spacial score (nSPS) is 17.8. The zero-order valence-electron chi connectivity index (χ0n) is 12.1. The monoisotopic (exact) mass is 247 g/mol. The van der Waals surface area contributed by atoms with Crippen molar-refractivity contribution in [2.45, 2.75) is 64.2 Å². The van der Waals surface area contributed by atoms with Gasteiger partial charge >= 0.3 is 0 Å². The van der Waals surface area contributed by atoms with Crippen molar-refractivity contribution < 1.29 is 0 Å². The predicted octanol–water partition coefficient (Wildman–Crippen LogP) is 3.86. The van der Waals surface area contributed by atoms with E-state index < -0.39 is 0 Å². The summed E-state index contributed by atoms with van der Waals surface area (Å²) in [4.78, 5) is 9.49. The Bertz CT molecular complexity index is 401. The molecule has 3 nitrogen and oxygen atoms in total. The molecule has 0 unspecified atom stereocenters. The smallest absolute Gasteiger partial charge is 0.134 e. The Labute approximate surface area is 110 Å². The predicted molar refractivity (Wildman–Crippen MR) is 76.1 cm³/mol. The quantitative estimate of drug-likeness (QED) is 0.862. The molecule has 1 fully saturated rings. The molecule has 0 saturated heterocycles. The van der Waals surface area contributed by atoms with Gasteiger partial charge in [-0.25, -0.2) is 9.97 Å². The molecule has 1 aliphatic carbocycles. The largest absolute Gasteiger partial charge is 0.373 e. The van der Waals surface area contributed by atoms with Crippen LogP contribution in [0, 0.1) is 0 Å². The summed E-state index contributed by atoms with van der Waals surface area (Å²) in [6.45, 7) is 6.62. The van der Waals surface area contributed by atoms with Crippen molar-refractivity contribution in [2.75, 3.05) is 12.4 Å². The minimum absolute atomic E-state index is 0.0813. The van der Waals surface area contributed by atoms with Gasteiger partial charge in [0.2, 0.25) is 0 Å². The van der Waals surface area contributed by atoms with Gasteiger partial charge in [0.05, 0.1) is 5.69 Å². The molecular weight excluding hydrogens is 222 g/mol. The molecule has 3 heteroatoms. The first-order valence-corrected chi connectivity index (χ1v) is 7.08. The molecule has 1 N–H and O–H groups in total. The molecule has 1 heterocycles. The lowest BCUT2D eigenvalue weighted by Crippen LogP contribution is -2.18. The third-order valence-electron chi connectivity index (χ3n) is 3.74. The highest BCUT2D eigenvalue weighted by atomic mass is 15.0. The second kappa shape index (κ2) is 5.25. The molecule has 1 aromatic heterocycles. The van der Waals surface area contributed by atoms with Crippen LogP contribution in [0.5, 0.6) is 0 Å². The molecular formula is C15H25N3. The lowest BCUT2D eigenvalue weighted by molar-refractivity contribution is 0.425. The van der Waals surface area contributed by atoms with Gasteiger partial charge in [0.1, 0.15) is 11.6 Å². The molecule has 1 aliphatic rings. The first kappa shape index (κ1) is 13.3. The number of aromatic nitrogens is 2. The molecule has 1 saturated carbocycles. The van der Waals surface area contributed by atoms with Crippen molar-refractivity contribution in [3.05, 3.63) is 17.6 Å². The maximum absolute atomic E-state index is 4.83. The molecule has 2 rings (SSSR count). The molecule has 0 aromatic carbocycles. The van der Waals surface area contributed by atoms with Crippen LogP contribution in [0.25, 0.3) is 0 Å². The molecule has 0 aliphatic heterocycles. The topological polar surface area (TPSA) is 37.8 Å². The van der Waals surface area contributed by atoms with Gasteiger partial charge in [-0.05, 0) is 12.8 Å². The molecule has 0 spiro atoms. The fourth-order valence-corrected chi connectivity index (χ4v) is 2.52. The third-order valence-corrected chi connectivity index (χ3v) is 3.74. The van der Waals surface area contributed by atoms with Gasteiger partial charge in [0.25, 0.3) is 0 Å². The molecule has 0 radical (unpaired) electrons. The zero-order chi connectivity index (χ0) is 13.2. The van der Waals surface area contributed by atoms with Gasteiger partial charge in [0.15, 0.2) is 0 Å². The van der Waals surface area contributed by atoms with Crippen molar-refractivity contribution in [2.24, 2.45) is 0 Å². The molecule has 0 amide bonds. The molecule has 1 aromatic rings. The summed E-state index contributed by atoms with van der Waals surface area (Å²) < 4.78 is 0. The summed E-state index contributed by atoms with van der Waals surface area (Å²) >= 11 is 0. The summed E-state index contributed by atoms with van der Waals surface area (Å²) in [7, 11) is 1.93. The number of hydrogen-bond donors (Lipinski definition) is 1. The SMILES string of the molecule is CNc1cc(C(C)(C)C)nc(C2CCCCC2)n1. The van der Waals surface area contributed by atoms with Gasteiger partial charge in [0, 0.05) is 24.4 Å². The van der Waals surface area contributed by atoms with E-state index >= 15 is 0 Å². The van der Waals surface area contributed by atoms with Crippen LogP contribution in [0.4, 0.5) is 5.82 Å². The first-order chi connectivity index (χ1) is 8.50. The lowest BCUT2D eigenvalue weighted by Gasteiger charge is -2.24. The highest BCUT2D eigenvalue weighted by Gasteiger charge is 2.22. The van der Waals surface area contributed by atoms with Crippen LogP contribution in [-0.4, -0.2) is 17.0 Å². The van der Waals surface area contributed by atoms with E-state index in [1.807, 2.05) is 7.05 Å². The molecule has 0 bridgehead atoms. The Kier molecular flexibility index (Phi) is 3.88. The summed E-state index contributed by atoms with van der Waals surface area (Å²) in [5.41, 5.74) is 1.22. The molecule has 100 valence electrons. The van der Waals surface area contributed by atoms with Crippen LogP contribution in [0.2, 0.25) is 0 Å². The Morgan fingerprint density at radius 3 is 2.33 bits per heavy atom. The molecule has 18 heavy (non-hydrogen) atoms. The summed E-state index contributed by atoms with van der Waals surface area (Å²) in [6.07, 6.45) is 6.51. The number of nitrogens with one attached hydrogen (secondary N) is 1. The average Bonchev–Trinajstić information content (AvgIpc) is 2.38. The van der Waals surface area contributed by atoms with E-state index in [9.17, 15) is 0 Å². The standard InChI is InChI=1S/C15H25N3/c1-15(2,3)12-10-13(16-4)18-14(17-12)11-8-6-5-7-9-11/h10-11H,5-9H2,1-4H3,(H,16,17,18). The van der Waals surface area contributed by atoms with E-state index in [0.717, 1.165) is 17.3 Å². The van der Waals surface area contributed by atoms with Gasteiger partial charge in [-0.15, -0.1) is 0 Å². The summed E-state index contributed by atoms with van der Waals surface area (Å²) in [5.74, 6) is 2.56. The van der Waals surface area contributed by atoms with Crippen LogP contribution >= 0.6 is 0 Å². The van der Waals surface area contributed by atoms with E-state index in [2.05, 4.69) is 37.1 Å². The van der Waals surface area contributed by atoms with Crippen molar-refractivity contribution in [1.82, 2.24) is 9.97 Å². The van der Waals surface area contributed by atoms with Crippen LogP contribution in [0.3, 0.4) is 0 Å². The Morgan fingerprint density at radius 2 is 1.78 bits per heavy atom. The first-order valence-electron chi connectivity index (χ1n) is 7.08. The summed E-state index contributed by atoms with van der Waals surface area (Å²) in [6, 6.07) is 2.08.